The first-order valence-corrected chi connectivity index (χ1v) is 5.34. The summed E-state index contributed by atoms with van der Waals surface area (Å²) in [5, 5.41) is 0. The highest BCUT2D eigenvalue weighted by Gasteiger charge is 2.39. The molecule has 0 saturated carbocycles. The summed E-state index contributed by atoms with van der Waals surface area (Å²) >= 11 is 0. The highest BCUT2D eigenvalue weighted by Crippen LogP contribution is 2.39. The normalized spacial score (nSPS) is 32.6. The monoisotopic (exact) mass is 190 g/mol. The van der Waals surface area contributed by atoms with E-state index in [9.17, 15) is 0 Å². The Labute approximate surface area is 86.4 Å². The molecule has 0 spiro atoms. The summed E-state index contributed by atoms with van der Waals surface area (Å²) in [5.41, 5.74) is 1.28. The fourth-order valence-electron chi connectivity index (χ4n) is 2.52. The minimum absolute atomic E-state index is 0.288. The van der Waals surface area contributed by atoms with Crippen molar-refractivity contribution < 1.29 is 0 Å². The Bertz CT molecular complexity index is 303. The second-order valence-corrected chi connectivity index (χ2v) is 5.47. The standard InChI is InChI=1S/C12H18N2/c1-12(2,3)14-7-9-5-11(13-4)6-10(9)8-14/h5,9-10H,6-8H2,1-3H3. The van der Waals surface area contributed by atoms with Crippen molar-refractivity contribution in [2.45, 2.75) is 32.7 Å². The lowest BCUT2D eigenvalue weighted by atomic mass is 10.0. The lowest BCUT2D eigenvalue weighted by Crippen LogP contribution is -2.39. The molecule has 14 heavy (non-hydrogen) atoms. The highest BCUT2D eigenvalue weighted by atomic mass is 15.2. The molecule has 2 nitrogen and oxygen atoms in total. The lowest BCUT2D eigenvalue weighted by Gasteiger charge is -2.32. The third-order valence-corrected chi connectivity index (χ3v) is 3.46. The molecular weight excluding hydrogens is 172 g/mol. The molecule has 1 aliphatic heterocycles. The van der Waals surface area contributed by atoms with Crippen molar-refractivity contribution in [3.63, 3.8) is 0 Å². The van der Waals surface area contributed by atoms with E-state index >= 15 is 0 Å². The number of hydrogen-bond acceptors (Lipinski definition) is 1. The molecule has 2 aliphatic rings. The van der Waals surface area contributed by atoms with Crippen LogP contribution in [0.2, 0.25) is 0 Å². The third-order valence-electron chi connectivity index (χ3n) is 3.46. The van der Waals surface area contributed by atoms with Gasteiger partial charge in [-0.25, -0.2) is 4.85 Å². The van der Waals surface area contributed by atoms with Crippen LogP contribution in [0.1, 0.15) is 27.2 Å². The van der Waals surface area contributed by atoms with Gasteiger partial charge in [-0.15, -0.1) is 0 Å². The SMILES string of the molecule is [C-]#[N+]C1=CC2CN(C(C)(C)C)CC2C1. The van der Waals surface area contributed by atoms with Crippen LogP contribution in [-0.4, -0.2) is 23.5 Å². The predicted molar refractivity (Wildman–Crippen MR) is 57.6 cm³/mol. The van der Waals surface area contributed by atoms with Crippen LogP contribution in [0.3, 0.4) is 0 Å². The highest BCUT2D eigenvalue weighted by molar-refractivity contribution is 5.22. The van der Waals surface area contributed by atoms with Crippen LogP contribution in [0.5, 0.6) is 0 Å². The molecular formula is C12H18N2. The van der Waals surface area contributed by atoms with Crippen molar-refractivity contribution in [1.29, 1.82) is 0 Å². The minimum Gasteiger partial charge on any atom is -0.298 e. The maximum atomic E-state index is 7.00. The van der Waals surface area contributed by atoms with Gasteiger partial charge >= 0.3 is 0 Å². The summed E-state index contributed by atoms with van der Waals surface area (Å²) in [5.74, 6) is 1.37. The Morgan fingerprint density at radius 1 is 1.43 bits per heavy atom. The van der Waals surface area contributed by atoms with Gasteiger partial charge in [0.15, 0.2) is 5.70 Å². The number of hydrogen-bond donors (Lipinski definition) is 0. The topological polar surface area (TPSA) is 7.60 Å². The van der Waals surface area contributed by atoms with Crippen LogP contribution >= 0.6 is 0 Å². The number of fused-ring (bicyclic) bond motifs is 1. The molecule has 1 saturated heterocycles. The van der Waals surface area contributed by atoms with E-state index in [1.807, 2.05) is 0 Å². The molecule has 1 fully saturated rings. The van der Waals surface area contributed by atoms with E-state index in [4.69, 9.17) is 6.57 Å². The van der Waals surface area contributed by atoms with Crippen molar-refractivity contribution >= 4 is 0 Å². The summed E-state index contributed by atoms with van der Waals surface area (Å²) in [6.07, 6.45) is 3.21. The molecule has 2 atom stereocenters. The van der Waals surface area contributed by atoms with Gasteiger partial charge in [-0.1, -0.05) is 6.08 Å². The van der Waals surface area contributed by atoms with Gasteiger partial charge in [0.25, 0.3) is 0 Å². The second kappa shape index (κ2) is 3.10. The van der Waals surface area contributed by atoms with E-state index < -0.39 is 0 Å². The lowest BCUT2D eigenvalue weighted by molar-refractivity contribution is 0.166. The Hall–Kier alpha value is -0.810. The summed E-state index contributed by atoms with van der Waals surface area (Å²) in [7, 11) is 0. The van der Waals surface area contributed by atoms with E-state index in [1.165, 1.54) is 6.54 Å². The largest absolute Gasteiger partial charge is 0.298 e. The van der Waals surface area contributed by atoms with E-state index in [-0.39, 0.29) is 5.54 Å². The summed E-state index contributed by atoms with van der Waals surface area (Å²) in [6, 6.07) is 0. The van der Waals surface area contributed by atoms with Gasteiger partial charge < -0.3 is 0 Å². The van der Waals surface area contributed by atoms with Crippen LogP contribution in [0.4, 0.5) is 0 Å². The fourth-order valence-corrected chi connectivity index (χ4v) is 2.52. The number of likely N-dealkylation sites (tertiary alicyclic amines) is 1. The Balaban J connectivity index is 2.06. The van der Waals surface area contributed by atoms with Crippen molar-refractivity contribution in [2.24, 2.45) is 11.8 Å². The summed E-state index contributed by atoms with van der Waals surface area (Å²) in [4.78, 5) is 6.09. The Kier molecular flexibility index (Phi) is 2.16. The van der Waals surface area contributed by atoms with Gasteiger partial charge in [-0.3, -0.25) is 4.90 Å². The second-order valence-electron chi connectivity index (χ2n) is 5.47. The average Bonchev–Trinajstić information content (AvgIpc) is 2.56. The van der Waals surface area contributed by atoms with Gasteiger partial charge in [0.2, 0.25) is 0 Å². The first-order valence-electron chi connectivity index (χ1n) is 5.34. The first-order chi connectivity index (χ1) is 6.50. The molecule has 2 rings (SSSR count). The molecule has 1 heterocycles. The van der Waals surface area contributed by atoms with Crippen LogP contribution in [-0.2, 0) is 0 Å². The molecule has 76 valence electrons. The van der Waals surface area contributed by atoms with E-state index in [2.05, 4.69) is 36.6 Å². The molecule has 0 aromatic carbocycles. The van der Waals surface area contributed by atoms with Gasteiger partial charge in [0, 0.05) is 18.6 Å². The fraction of sp³-hybridized carbons (Fsp3) is 0.750. The van der Waals surface area contributed by atoms with Crippen molar-refractivity contribution in [2.75, 3.05) is 13.1 Å². The van der Waals surface area contributed by atoms with Crippen molar-refractivity contribution in [3.05, 3.63) is 23.2 Å². The van der Waals surface area contributed by atoms with Crippen LogP contribution in [0, 0.1) is 18.4 Å². The summed E-state index contributed by atoms with van der Waals surface area (Å²) in [6.45, 7) is 16.1. The third kappa shape index (κ3) is 1.57. The van der Waals surface area contributed by atoms with Crippen LogP contribution in [0.15, 0.2) is 11.8 Å². The van der Waals surface area contributed by atoms with Gasteiger partial charge in [-0.05, 0) is 39.0 Å². The molecule has 2 unspecified atom stereocenters. The molecule has 0 aromatic rings. The maximum absolute atomic E-state index is 7.00. The molecule has 0 aromatic heterocycles. The van der Waals surface area contributed by atoms with Crippen LogP contribution in [0.25, 0.3) is 4.85 Å². The van der Waals surface area contributed by atoms with E-state index in [0.29, 0.717) is 5.92 Å². The Morgan fingerprint density at radius 3 is 2.64 bits per heavy atom. The zero-order valence-corrected chi connectivity index (χ0v) is 9.25. The average molecular weight is 190 g/mol. The zero-order valence-electron chi connectivity index (χ0n) is 9.25. The smallest absolute Gasteiger partial charge is 0.162 e. The van der Waals surface area contributed by atoms with Gasteiger partial charge in [0.05, 0.1) is 6.57 Å². The number of rotatable bonds is 0. The maximum Gasteiger partial charge on any atom is 0.162 e. The molecule has 0 bridgehead atoms. The van der Waals surface area contributed by atoms with Gasteiger partial charge in [0.1, 0.15) is 0 Å². The predicted octanol–water partition coefficient (Wildman–Crippen LogP) is 2.54. The van der Waals surface area contributed by atoms with Gasteiger partial charge in [-0.2, -0.15) is 0 Å². The van der Waals surface area contributed by atoms with Crippen molar-refractivity contribution in [1.82, 2.24) is 4.90 Å². The number of nitrogens with zero attached hydrogens (tertiary/aromatic N) is 2. The van der Waals surface area contributed by atoms with Crippen LogP contribution < -0.4 is 0 Å². The molecule has 0 N–H and O–H groups in total. The van der Waals surface area contributed by atoms with E-state index in [1.54, 1.807) is 0 Å². The quantitative estimate of drug-likeness (QED) is 0.533. The number of allylic oxidation sites excluding steroid dienone is 1. The zero-order chi connectivity index (χ0) is 10.3. The minimum atomic E-state index is 0.288. The molecule has 0 radical (unpaired) electrons. The summed E-state index contributed by atoms with van der Waals surface area (Å²) < 4.78 is 0. The van der Waals surface area contributed by atoms with Crippen molar-refractivity contribution in [3.8, 4) is 0 Å². The first kappa shape index (κ1) is 9.73. The molecule has 0 amide bonds. The molecule has 2 heteroatoms. The molecule has 1 aliphatic carbocycles. The van der Waals surface area contributed by atoms with E-state index in [0.717, 1.165) is 24.6 Å². The Morgan fingerprint density at radius 2 is 2.14 bits per heavy atom.